The zero-order valence-electron chi connectivity index (χ0n) is 8.17. The van der Waals surface area contributed by atoms with Crippen molar-refractivity contribution < 1.29 is 9.18 Å². The van der Waals surface area contributed by atoms with Crippen LogP contribution in [0.2, 0.25) is 0 Å². The highest BCUT2D eigenvalue weighted by Crippen LogP contribution is 2.32. The van der Waals surface area contributed by atoms with Gasteiger partial charge in [-0.05, 0) is 50.7 Å². The van der Waals surface area contributed by atoms with Crippen LogP contribution in [0.25, 0.3) is 11.3 Å². The van der Waals surface area contributed by atoms with Gasteiger partial charge in [0.2, 0.25) is 0 Å². The zero-order chi connectivity index (χ0) is 12.6. The van der Waals surface area contributed by atoms with Crippen molar-refractivity contribution >= 4 is 44.4 Å². The van der Waals surface area contributed by atoms with Gasteiger partial charge in [0, 0.05) is 13.6 Å². The summed E-state index contributed by atoms with van der Waals surface area (Å²) in [5.74, 6) is -1.15. The first-order chi connectivity index (χ1) is 8.00. The molecule has 0 spiro atoms. The molecule has 8 heteroatoms. The number of rotatable bonds is 2. The van der Waals surface area contributed by atoms with Crippen LogP contribution in [-0.2, 0) is 0 Å². The minimum absolute atomic E-state index is 0.0212. The van der Waals surface area contributed by atoms with E-state index in [0.717, 1.165) is 0 Å². The van der Waals surface area contributed by atoms with E-state index < -0.39 is 11.7 Å². The fraction of sp³-hybridized carbons (Fsp3) is 0. The number of nitrogens with two attached hydrogens (primary N) is 1. The van der Waals surface area contributed by atoms with E-state index >= 15 is 0 Å². The molecule has 0 saturated carbocycles. The molecule has 1 aromatic carbocycles. The molecule has 0 aliphatic rings. The largest absolute Gasteiger partial charge is 0.364 e. The van der Waals surface area contributed by atoms with Gasteiger partial charge in [-0.25, -0.2) is 4.39 Å². The van der Waals surface area contributed by atoms with Gasteiger partial charge in [0.25, 0.3) is 5.91 Å². The average molecular weight is 411 g/mol. The molecule has 3 N–H and O–H groups in total. The van der Waals surface area contributed by atoms with E-state index in [1.807, 2.05) is 22.6 Å². The van der Waals surface area contributed by atoms with E-state index in [4.69, 9.17) is 5.73 Å². The third-order valence-electron chi connectivity index (χ3n) is 2.03. The van der Waals surface area contributed by atoms with Crippen LogP contribution in [-0.4, -0.2) is 21.3 Å². The number of benzene rings is 1. The molecular weight excluding hydrogens is 406 g/mol. The van der Waals surface area contributed by atoms with Crippen LogP contribution >= 0.6 is 38.5 Å². The van der Waals surface area contributed by atoms with Crippen LogP contribution in [0.4, 0.5) is 4.39 Å². The van der Waals surface area contributed by atoms with E-state index in [1.54, 1.807) is 0 Å². The maximum absolute atomic E-state index is 13.3. The first-order valence-corrected chi connectivity index (χ1v) is 6.23. The molecule has 0 atom stereocenters. The Kier molecular flexibility index (Phi) is 3.43. The van der Waals surface area contributed by atoms with Gasteiger partial charge in [-0.3, -0.25) is 4.79 Å². The van der Waals surface area contributed by atoms with Crippen molar-refractivity contribution in [1.29, 1.82) is 0 Å². The van der Waals surface area contributed by atoms with Crippen LogP contribution in [0.5, 0.6) is 0 Å². The normalized spacial score (nSPS) is 10.5. The Morgan fingerprint density at radius 3 is 2.82 bits per heavy atom. The molecule has 0 aliphatic heterocycles. The first kappa shape index (κ1) is 12.4. The number of carbonyl (C=O) groups is 1. The lowest BCUT2D eigenvalue weighted by molar-refractivity contribution is 0.0996. The van der Waals surface area contributed by atoms with E-state index in [-0.39, 0.29) is 11.4 Å². The standard InChI is InChI=1S/C9H5BrFIN4O/c10-6-4(1-3(11)2-5(6)12)7-8(9(13)17)15-16-14-7/h1-2H,(H2,13,17)(H,14,15,16). The summed E-state index contributed by atoms with van der Waals surface area (Å²) in [6.45, 7) is 0. The summed E-state index contributed by atoms with van der Waals surface area (Å²) in [7, 11) is 0. The average Bonchev–Trinajstić information content (AvgIpc) is 2.72. The van der Waals surface area contributed by atoms with Crippen LogP contribution < -0.4 is 5.73 Å². The maximum atomic E-state index is 13.3. The Balaban J connectivity index is 2.68. The predicted octanol–water partition coefficient (Wildman–Crippen LogP) is 2.08. The number of aromatic nitrogens is 3. The summed E-state index contributed by atoms with van der Waals surface area (Å²) in [4.78, 5) is 11.1. The van der Waals surface area contributed by atoms with E-state index in [1.165, 1.54) is 12.1 Å². The Bertz CT molecular complexity index is 601. The number of nitrogens with zero attached hydrogens (tertiary/aromatic N) is 2. The molecule has 5 nitrogen and oxygen atoms in total. The first-order valence-electron chi connectivity index (χ1n) is 4.36. The molecule has 2 aromatic rings. The molecule has 0 aliphatic carbocycles. The van der Waals surface area contributed by atoms with Crippen molar-refractivity contribution in [2.24, 2.45) is 5.73 Å². The van der Waals surface area contributed by atoms with Crippen molar-refractivity contribution in [1.82, 2.24) is 15.4 Å². The summed E-state index contributed by atoms with van der Waals surface area (Å²) in [6, 6.07) is 2.62. The van der Waals surface area contributed by atoms with Gasteiger partial charge in [-0.15, -0.1) is 0 Å². The lowest BCUT2D eigenvalue weighted by Gasteiger charge is -2.04. The third kappa shape index (κ3) is 2.32. The fourth-order valence-corrected chi connectivity index (χ4v) is 2.32. The van der Waals surface area contributed by atoms with Gasteiger partial charge >= 0.3 is 0 Å². The number of H-pyrrole nitrogens is 1. The molecule has 1 aromatic heterocycles. The molecule has 0 saturated heterocycles. The minimum atomic E-state index is -0.722. The molecular formula is C9H5BrFIN4O. The summed E-state index contributed by atoms with van der Waals surface area (Å²) < 4.78 is 14.6. The van der Waals surface area contributed by atoms with Crippen LogP contribution in [0.1, 0.15) is 10.5 Å². The topological polar surface area (TPSA) is 84.7 Å². The van der Waals surface area contributed by atoms with E-state index in [0.29, 0.717) is 13.6 Å². The quantitative estimate of drug-likeness (QED) is 0.587. The number of primary amides is 1. The smallest absolute Gasteiger partial charge is 0.271 e. The molecule has 88 valence electrons. The number of carbonyl (C=O) groups excluding carboxylic acids is 1. The number of aromatic amines is 1. The third-order valence-corrected chi connectivity index (χ3v) is 4.48. The summed E-state index contributed by atoms with van der Waals surface area (Å²) >= 11 is 5.28. The Labute approximate surface area is 117 Å². The number of hydrogen-bond acceptors (Lipinski definition) is 3. The SMILES string of the molecule is NC(=O)c1n[nH]nc1-c1cc(F)cc(I)c1Br. The predicted molar refractivity (Wildman–Crippen MR) is 70.7 cm³/mol. The number of nitrogens with one attached hydrogen (secondary N) is 1. The van der Waals surface area contributed by atoms with E-state index in [2.05, 4.69) is 31.3 Å². The molecule has 0 bridgehead atoms. The van der Waals surface area contributed by atoms with Crippen molar-refractivity contribution in [2.75, 3.05) is 0 Å². The van der Waals surface area contributed by atoms with Gasteiger partial charge in [0.15, 0.2) is 5.69 Å². The Morgan fingerprint density at radius 2 is 2.18 bits per heavy atom. The van der Waals surface area contributed by atoms with Gasteiger partial charge in [-0.2, -0.15) is 15.4 Å². The molecule has 1 amide bonds. The Morgan fingerprint density at radius 1 is 1.47 bits per heavy atom. The minimum Gasteiger partial charge on any atom is -0.364 e. The monoisotopic (exact) mass is 410 g/mol. The highest BCUT2D eigenvalue weighted by atomic mass is 127. The second-order valence-corrected chi connectivity index (χ2v) is 5.09. The molecule has 0 radical (unpaired) electrons. The highest BCUT2D eigenvalue weighted by Gasteiger charge is 2.19. The summed E-state index contributed by atoms with van der Waals surface area (Å²) in [5, 5.41) is 9.75. The van der Waals surface area contributed by atoms with Crippen molar-refractivity contribution in [3.8, 4) is 11.3 Å². The van der Waals surface area contributed by atoms with Crippen LogP contribution in [0, 0.1) is 9.39 Å². The number of amides is 1. The molecule has 1 heterocycles. The molecule has 2 rings (SSSR count). The summed E-state index contributed by atoms with van der Waals surface area (Å²) in [5.41, 5.74) is 5.78. The molecule has 0 unspecified atom stereocenters. The van der Waals surface area contributed by atoms with Gasteiger partial charge in [0.05, 0.1) is 0 Å². The lowest BCUT2D eigenvalue weighted by Crippen LogP contribution is -2.13. The van der Waals surface area contributed by atoms with Gasteiger partial charge < -0.3 is 5.73 Å². The molecule has 17 heavy (non-hydrogen) atoms. The summed E-state index contributed by atoms with van der Waals surface area (Å²) in [6.07, 6.45) is 0. The second-order valence-electron chi connectivity index (χ2n) is 3.13. The van der Waals surface area contributed by atoms with Crippen LogP contribution in [0.15, 0.2) is 16.6 Å². The van der Waals surface area contributed by atoms with Crippen molar-refractivity contribution in [2.45, 2.75) is 0 Å². The van der Waals surface area contributed by atoms with Crippen molar-refractivity contribution in [3.63, 3.8) is 0 Å². The maximum Gasteiger partial charge on any atom is 0.271 e. The second kappa shape index (κ2) is 4.69. The zero-order valence-corrected chi connectivity index (χ0v) is 11.9. The number of halogens is 3. The van der Waals surface area contributed by atoms with E-state index in [9.17, 15) is 9.18 Å². The van der Waals surface area contributed by atoms with Crippen molar-refractivity contribution in [3.05, 3.63) is 31.7 Å². The Hall–Kier alpha value is -1.03. The van der Waals surface area contributed by atoms with Gasteiger partial charge in [-0.1, -0.05) is 0 Å². The number of hydrogen-bond donors (Lipinski definition) is 2. The highest BCUT2D eigenvalue weighted by molar-refractivity contribution is 14.1. The van der Waals surface area contributed by atoms with Crippen LogP contribution in [0.3, 0.4) is 0 Å². The van der Waals surface area contributed by atoms with Gasteiger partial charge in [0.1, 0.15) is 11.5 Å². The molecule has 0 fully saturated rings. The lowest BCUT2D eigenvalue weighted by atomic mass is 10.1. The fourth-order valence-electron chi connectivity index (χ4n) is 1.32.